The van der Waals surface area contributed by atoms with Gasteiger partial charge in [-0.3, -0.25) is 0 Å². The highest BCUT2D eigenvalue weighted by molar-refractivity contribution is 7.87. The zero-order chi connectivity index (χ0) is 15.5. The molecule has 122 valence electrons. The van der Waals surface area contributed by atoms with Gasteiger partial charge in [-0.1, -0.05) is 0 Å². The predicted octanol–water partition coefficient (Wildman–Crippen LogP) is 0.830. The van der Waals surface area contributed by atoms with Crippen LogP contribution in [-0.2, 0) is 14.9 Å². The Hall–Kier alpha value is -0.860. The van der Waals surface area contributed by atoms with Gasteiger partial charge >= 0.3 is 16.3 Å². The molecule has 0 aromatic heterocycles. The van der Waals surface area contributed by atoms with Crippen LogP contribution in [0.15, 0.2) is 0 Å². The number of nitrogens with one attached hydrogen (secondary N) is 2. The zero-order valence-corrected chi connectivity index (χ0v) is 13.5. The van der Waals surface area contributed by atoms with E-state index in [0.717, 1.165) is 38.8 Å². The number of ether oxygens (including phenoxy) is 1. The van der Waals surface area contributed by atoms with Crippen LogP contribution in [0.1, 0.15) is 39.5 Å². The molecule has 8 heteroatoms. The maximum absolute atomic E-state index is 12.4. The smallest absolute Gasteiger partial charge is 0.422 e. The molecule has 21 heavy (non-hydrogen) atoms. The third kappa shape index (κ3) is 5.12. The van der Waals surface area contributed by atoms with Crippen LogP contribution < -0.4 is 10.0 Å². The van der Waals surface area contributed by atoms with E-state index in [1.54, 1.807) is 13.8 Å². The minimum atomic E-state index is -3.81. The molecule has 0 aromatic rings. The second-order valence-electron chi connectivity index (χ2n) is 6.06. The number of hydrogen-bond donors (Lipinski definition) is 2. The summed E-state index contributed by atoms with van der Waals surface area (Å²) < 4.78 is 33.1. The van der Waals surface area contributed by atoms with Gasteiger partial charge in [-0.15, -0.1) is 0 Å². The van der Waals surface area contributed by atoms with E-state index in [-0.39, 0.29) is 12.1 Å². The summed E-state index contributed by atoms with van der Waals surface area (Å²) in [4.78, 5) is 11.6. The van der Waals surface area contributed by atoms with E-state index in [9.17, 15) is 13.2 Å². The molecule has 0 atom stereocenters. The Bertz CT molecular complexity index is 456. The molecule has 2 N–H and O–H groups in total. The van der Waals surface area contributed by atoms with Gasteiger partial charge in [0, 0.05) is 12.6 Å². The van der Waals surface area contributed by atoms with Gasteiger partial charge in [0.1, 0.15) is 0 Å². The summed E-state index contributed by atoms with van der Waals surface area (Å²) in [6.45, 7) is 5.69. The molecule has 0 unspecified atom stereocenters. The van der Waals surface area contributed by atoms with Crippen molar-refractivity contribution >= 4 is 16.3 Å². The summed E-state index contributed by atoms with van der Waals surface area (Å²) in [5.41, 5.74) is 0. The van der Waals surface area contributed by atoms with Gasteiger partial charge in [0.2, 0.25) is 0 Å². The number of amides is 1. The molecular weight excluding hydrogens is 294 g/mol. The molecule has 1 saturated carbocycles. The van der Waals surface area contributed by atoms with Crippen molar-refractivity contribution < 1.29 is 17.9 Å². The average molecular weight is 319 g/mol. The van der Waals surface area contributed by atoms with E-state index in [4.69, 9.17) is 4.74 Å². The van der Waals surface area contributed by atoms with Gasteiger partial charge in [0.15, 0.2) is 0 Å². The number of hydrogen-bond acceptors (Lipinski definition) is 5. The number of carbonyl (C=O) groups is 1. The predicted molar refractivity (Wildman–Crippen MR) is 79.0 cm³/mol. The standard InChI is InChI=1S/C13H25N3O4S/c1-10(2)20-13(17)15-21(18,19)16(12-3-4-12)9-11-5-7-14-8-6-11/h10-12,14H,3-9H2,1-2H3,(H,15,17). The van der Waals surface area contributed by atoms with Gasteiger partial charge < -0.3 is 10.1 Å². The molecule has 1 heterocycles. The fourth-order valence-corrected chi connectivity index (χ4v) is 3.91. The summed E-state index contributed by atoms with van der Waals surface area (Å²) >= 11 is 0. The first-order valence-corrected chi connectivity index (χ1v) is 9.03. The molecule has 1 saturated heterocycles. The molecule has 1 amide bonds. The fourth-order valence-electron chi connectivity index (χ4n) is 2.53. The molecule has 2 fully saturated rings. The molecule has 1 aliphatic heterocycles. The van der Waals surface area contributed by atoms with Crippen LogP contribution in [0.2, 0.25) is 0 Å². The second-order valence-corrected chi connectivity index (χ2v) is 7.68. The van der Waals surface area contributed by atoms with E-state index >= 15 is 0 Å². The normalized spacial score (nSPS) is 20.8. The molecule has 0 bridgehead atoms. The Kier molecular flexibility index (Phi) is 5.45. The molecule has 0 aromatic carbocycles. The van der Waals surface area contributed by atoms with Crippen LogP contribution >= 0.6 is 0 Å². The van der Waals surface area contributed by atoms with E-state index in [1.807, 2.05) is 4.72 Å². The monoisotopic (exact) mass is 319 g/mol. The highest BCUT2D eigenvalue weighted by atomic mass is 32.2. The molecular formula is C13H25N3O4S. The number of piperidine rings is 1. The van der Waals surface area contributed by atoms with Crippen LogP contribution in [0, 0.1) is 5.92 Å². The Labute approximate surface area is 126 Å². The maximum atomic E-state index is 12.4. The lowest BCUT2D eigenvalue weighted by Gasteiger charge is -2.29. The number of nitrogens with zero attached hydrogens (tertiary/aromatic N) is 1. The fraction of sp³-hybridized carbons (Fsp3) is 0.923. The first-order chi connectivity index (χ1) is 9.88. The minimum Gasteiger partial charge on any atom is -0.446 e. The van der Waals surface area contributed by atoms with Gasteiger partial charge in [-0.05, 0) is 58.5 Å². The largest absolute Gasteiger partial charge is 0.446 e. The summed E-state index contributed by atoms with van der Waals surface area (Å²) in [5.74, 6) is 0.351. The minimum absolute atomic E-state index is 0.0317. The molecule has 2 rings (SSSR count). The van der Waals surface area contributed by atoms with Gasteiger partial charge in [-0.25, -0.2) is 9.52 Å². The van der Waals surface area contributed by atoms with E-state index in [1.165, 1.54) is 4.31 Å². The molecule has 7 nitrogen and oxygen atoms in total. The van der Waals surface area contributed by atoms with Gasteiger partial charge in [0.25, 0.3) is 0 Å². The first kappa shape index (κ1) is 16.5. The average Bonchev–Trinajstić information content (AvgIpc) is 3.19. The van der Waals surface area contributed by atoms with Gasteiger partial charge in [0.05, 0.1) is 6.10 Å². The van der Waals surface area contributed by atoms with Crippen molar-refractivity contribution in [3.63, 3.8) is 0 Å². The Morgan fingerprint density at radius 2 is 1.90 bits per heavy atom. The summed E-state index contributed by atoms with van der Waals surface area (Å²) in [6.07, 6.45) is 2.42. The zero-order valence-electron chi connectivity index (χ0n) is 12.7. The lowest BCUT2D eigenvalue weighted by Crippen LogP contribution is -2.48. The van der Waals surface area contributed by atoms with Gasteiger partial charge in [-0.2, -0.15) is 12.7 Å². The SMILES string of the molecule is CC(C)OC(=O)NS(=O)(=O)N(CC1CCNCC1)C1CC1. The van der Waals surface area contributed by atoms with Crippen LogP contribution in [0.3, 0.4) is 0 Å². The third-order valence-electron chi connectivity index (χ3n) is 3.71. The second kappa shape index (κ2) is 6.93. The first-order valence-electron chi connectivity index (χ1n) is 7.59. The Balaban J connectivity index is 1.97. The van der Waals surface area contributed by atoms with Crippen LogP contribution in [0.4, 0.5) is 4.79 Å². The van der Waals surface area contributed by atoms with Crippen molar-refractivity contribution in [2.24, 2.45) is 5.92 Å². The van der Waals surface area contributed by atoms with E-state index < -0.39 is 16.3 Å². The van der Waals surface area contributed by atoms with Crippen molar-refractivity contribution in [3.8, 4) is 0 Å². The van der Waals surface area contributed by atoms with E-state index in [2.05, 4.69) is 5.32 Å². The van der Waals surface area contributed by atoms with Crippen molar-refractivity contribution in [3.05, 3.63) is 0 Å². The van der Waals surface area contributed by atoms with Crippen molar-refractivity contribution in [1.82, 2.24) is 14.3 Å². The molecule has 0 spiro atoms. The molecule has 1 aliphatic carbocycles. The molecule has 2 aliphatic rings. The number of carbonyl (C=O) groups excluding carboxylic acids is 1. The van der Waals surface area contributed by atoms with E-state index in [0.29, 0.717) is 12.5 Å². The number of rotatable bonds is 6. The van der Waals surface area contributed by atoms with Crippen molar-refractivity contribution in [2.75, 3.05) is 19.6 Å². The summed E-state index contributed by atoms with van der Waals surface area (Å²) in [6, 6.07) is 0.0317. The summed E-state index contributed by atoms with van der Waals surface area (Å²) in [5, 5.41) is 3.27. The lowest BCUT2D eigenvalue weighted by molar-refractivity contribution is 0.120. The van der Waals surface area contributed by atoms with Crippen LogP contribution in [-0.4, -0.2) is 50.6 Å². The Morgan fingerprint density at radius 3 is 2.43 bits per heavy atom. The highest BCUT2D eigenvalue weighted by Gasteiger charge is 2.39. The molecule has 0 radical (unpaired) electrons. The Morgan fingerprint density at radius 1 is 1.29 bits per heavy atom. The quantitative estimate of drug-likeness (QED) is 0.757. The van der Waals surface area contributed by atoms with Crippen molar-refractivity contribution in [1.29, 1.82) is 0 Å². The lowest BCUT2D eigenvalue weighted by atomic mass is 9.98. The summed E-state index contributed by atoms with van der Waals surface area (Å²) in [7, 11) is -3.81. The third-order valence-corrected chi connectivity index (χ3v) is 5.20. The topological polar surface area (TPSA) is 87.7 Å². The van der Waals surface area contributed by atoms with Crippen LogP contribution in [0.25, 0.3) is 0 Å². The van der Waals surface area contributed by atoms with Crippen molar-refractivity contribution in [2.45, 2.75) is 51.7 Å². The van der Waals surface area contributed by atoms with Crippen LogP contribution in [0.5, 0.6) is 0 Å². The highest BCUT2D eigenvalue weighted by Crippen LogP contribution is 2.30. The maximum Gasteiger partial charge on any atom is 0.422 e.